The molecule has 0 aliphatic carbocycles. The molecular weight excluding hydrogens is 742 g/mol. The lowest BCUT2D eigenvalue weighted by molar-refractivity contribution is -0.121. The van der Waals surface area contributed by atoms with Crippen molar-refractivity contribution in [2.75, 3.05) is 39.3 Å². The van der Waals surface area contributed by atoms with Crippen molar-refractivity contribution in [1.82, 2.24) is 43.8 Å². The highest BCUT2D eigenvalue weighted by Gasteiger charge is 2.39. The van der Waals surface area contributed by atoms with Crippen LogP contribution >= 0.6 is 12.4 Å². The van der Waals surface area contributed by atoms with Gasteiger partial charge in [-0.15, -0.1) is 12.4 Å². The average Bonchev–Trinajstić information content (AvgIpc) is 3.84. The molecular formula is C39H70ClN9O7. The molecule has 56 heavy (non-hydrogen) atoms. The molecule has 320 valence electrons. The van der Waals surface area contributed by atoms with Crippen molar-refractivity contribution in [3.8, 4) is 0 Å². The van der Waals surface area contributed by atoms with Crippen molar-refractivity contribution in [2.45, 2.75) is 117 Å². The number of hydrogen-bond acceptors (Lipinski definition) is 11. The predicted octanol–water partition coefficient (Wildman–Crippen LogP) is 5.33. The fraction of sp³-hybridized carbons (Fsp3) is 0.692. The SMILES string of the molecule is C.C.CC(C)(C)OC(=O)N1CCC(=O)CC1.Cl.Cn1ccnc1.Cn1ccnc1C1(O)CCN(C(=O)OC(C)(C)C)CC1.Cn1ccnc1C1(O)CCNCC1. The quantitative estimate of drug-likeness (QED) is 0.304. The molecule has 0 saturated carbocycles. The fourth-order valence-corrected chi connectivity index (χ4v) is 5.89. The van der Waals surface area contributed by atoms with Crippen molar-refractivity contribution in [2.24, 2.45) is 21.1 Å². The van der Waals surface area contributed by atoms with Crippen LogP contribution in [0, 0.1) is 0 Å². The predicted molar refractivity (Wildman–Crippen MR) is 219 cm³/mol. The van der Waals surface area contributed by atoms with Gasteiger partial charge in [-0.1, -0.05) is 14.9 Å². The van der Waals surface area contributed by atoms with Gasteiger partial charge in [0.1, 0.15) is 39.8 Å². The molecule has 3 aliphatic heterocycles. The Balaban J connectivity index is 0.000000749. The zero-order chi connectivity index (χ0) is 39.5. The second kappa shape index (κ2) is 22.7. The number of ketones is 1. The van der Waals surface area contributed by atoms with Crippen molar-refractivity contribution in [3.63, 3.8) is 0 Å². The molecule has 6 rings (SSSR count). The number of rotatable bonds is 2. The Morgan fingerprint density at radius 2 is 1.11 bits per heavy atom. The zero-order valence-corrected chi connectivity index (χ0v) is 34.3. The summed E-state index contributed by atoms with van der Waals surface area (Å²) in [6.07, 6.45) is 15.2. The molecule has 16 nitrogen and oxygen atoms in total. The first-order valence-electron chi connectivity index (χ1n) is 18.2. The Bertz CT molecular complexity index is 1570. The first-order valence-corrected chi connectivity index (χ1v) is 18.2. The van der Waals surface area contributed by atoms with E-state index >= 15 is 0 Å². The number of halogens is 1. The summed E-state index contributed by atoms with van der Waals surface area (Å²) >= 11 is 0. The van der Waals surface area contributed by atoms with Gasteiger partial charge in [0.25, 0.3) is 0 Å². The second-order valence-electron chi connectivity index (χ2n) is 15.7. The zero-order valence-electron chi connectivity index (χ0n) is 33.4. The van der Waals surface area contributed by atoms with Gasteiger partial charge in [0.2, 0.25) is 0 Å². The third-order valence-corrected chi connectivity index (χ3v) is 8.76. The van der Waals surface area contributed by atoms with Gasteiger partial charge in [-0.2, -0.15) is 0 Å². The summed E-state index contributed by atoms with van der Waals surface area (Å²) < 4.78 is 16.1. The molecule has 3 aliphatic rings. The highest BCUT2D eigenvalue weighted by Crippen LogP contribution is 2.32. The van der Waals surface area contributed by atoms with E-state index in [0.29, 0.717) is 57.7 Å². The van der Waals surface area contributed by atoms with Crippen LogP contribution in [-0.2, 0) is 46.6 Å². The summed E-state index contributed by atoms with van der Waals surface area (Å²) in [5.74, 6) is 1.67. The summed E-state index contributed by atoms with van der Waals surface area (Å²) in [6.45, 7) is 14.7. The smallest absolute Gasteiger partial charge is 0.410 e. The van der Waals surface area contributed by atoms with Gasteiger partial charge >= 0.3 is 12.2 Å². The van der Waals surface area contributed by atoms with Crippen LogP contribution in [0.4, 0.5) is 9.59 Å². The minimum Gasteiger partial charge on any atom is -0.444 e. The number of carbonyl (C=O) groups is 3. The van der Waals surface area contributed by atoms with E-state index < -0.39 is 22.4 Å². The third-order valence-electron chi connectivity index (χ3n) is 8.76. The van der Waals surface area contributed by atoms with Crippen LogP contribution in [-0.4, -0.2) is 117 Å². The molecule has 17 heteroatoms. The Kier molecular flexibility index (Phi) is 21.1. The lowest BCUT2D eigenvalue weighted by Gasteiger charge is -2.38. The maximum absolute atomic E-state index is 12.0. The summed E-state index contributed by atoms with van der Waals surface area (Å²) in [4.78, 5) is 49.9. The molecule has 0 atom stereocenters. The monoisotopic (exact) mass is 812 g/mol. The Morgan fingerprint density at radius 1 is 0.696 bits per heavy atom. The standard InChI is InChI=1S/C14H23N3O3.C10H17NO3.C9H15N3O.C4H6N2.2CH4.ClH/c1-13(2,3)20-12(18)17-8-5-14(19,6-9-17)11-15-7-10-16(11)4;1-10(2,3)14-9(13)11-6-4-8(12)5-7-11;1-12-7-6-11-8(12)9(13)2-4-10-5-3-9;1-6-3-2-5-4-6;;;/h7,10,19H,5-6,8-9H2,1-4H3;4-7H2,1-3H3;6-7,10,13H,2-5H2,1H3;2-4H,1H3;2*1H4;1H. The van der Waals surface area contributed by atoms with Gasteiger partial charge in [0, 0.05) is 110 Å². The van der Waals surface area contributed by atoms with E-state index in [9.17, 15) is 24.6 Å². The van der Waals surface area contributed by atoms with Crippen molar-refractivity contribution >= 4 is 30.4 Å². The van der Waals surface area contributed by atoms with Crippen LogP contribution in [0.5, 0.6) is 0 Å². The first-order chi connectivity index (χ1) is 24.7. The van der Waals surface area contributed by atoms with Gasteiger partial charge in [-0.3, -0.25) is 4.79 Å². The molecule has 0 unspecified atom stereocenters. The van der Waals surface area contributed by atoms with Crippen LogP contribution in [0.25, 0.3) is 0 Å². The van der Waals surface area contributed by atoms with Crippen molar-refractivity contribution in [3.05, 3.63) is 55.2 Å². The van der Waals surface area contributed by atoms with E-state index in [1.807, 2.05) is 95.0 Å². The highest BCUT2D eigenvalue weighted by atomic mass is 35.5. The molecule has 6 heterocycles. The van der Waals surface area contributed by atoms with Gasteiger partial charge in [0.15, 0.2) is 0 Å². The highest BCUT2D eigenvalue weighted by molar-refractivity contribution is 5.85. The topological polar surface area (TPSA) is 182 Å². The van der Waals surface area contributed by atoms with E-state index in [1.165, 1.54) is 0 Å². The molecule has 0 bridgehead atoms. The molecule has 3 aromatic heterocycles. The van der Waals surface area contributed by atoms with Crippen LogP contribution in [0.2, 0.25) is 0 Å². The van der Waals surface area contributed by atoms with Crippen LogP contribution in [0.3, 0.4) is 0 Å². The van der Waals surface area contributed by atoms with Crippen LogP contribution in [0.1, 0.15) is 107 Å². The number of carbonyl (C=O) groups excluding carboxylic acids is 3. The van der Waals surface area contributed by atoms with Gasteiger partial charge in [-0.05, 0) is 67.5 Å². The number of likely N-dealkylation sites (tertiary alicyclic amines) is 2. The van der Waals surface area contributed by atoms with Crippen LogP contribution < -0.4 is 5.32 Å². The maximum atomic E-state index is 12.0. The van der Waals surface area contributed by atoms with Gasteiger partial charge < -0.3 is 48.5 Å². The number of nitrogens with one attached hydrogen (secondary N) is 1. The number of aryl methyl sites for hydroxylation is 3. The fourth-order valence-electron chi connectivity index (χ4n) is 5.89. The molecule has 0 radical (unpaired) electrons. The number of imidazole rings is 3. The lowest BCUT2D eigenvalue weighted by Crippen LogP contribution is -2.47. The number of piperidine rings is 3. The molecule has 3 aromatic rings. The number of aliphatic hydroxyl groups is 2. The summed E-state index contributed by atoms with van der Waals surface area (Å²) in [7, 11) is 5.72. The lowest BCUT2D eigenvalue weighted by atomic mass is 9.90. The number of Topliss-reactive ketones (excluding diaryl/α,β-unsaturated/α-hetero) is 1. The number of hydrogen-bond donors (Lipinski definition) is 3. The van der Waals surface area contributed by atoms with Crippen LogP contribution in [0.15, 0.2) is 43.5 Å². The third kappa shape index (κ3) is 16.6. The molecule has 3 N–H and O–H groups in total. The van der Waals surface area contributed by atoms with Crippen molar-refractivity contribution in [1.29, 1.82) is 0 Å². The van der Waals surface area contributed by atoms with E-state index in [0.717, 1.165) is 31.8 Å². The number of ether oxygens (including phenoxy) is 2. The average molecular weight is 812 g/mol. The first kappa shape index (κ1) is 52.0. The van der Waals surface area contributed by atoms with E-state index in [-0.39, 0.29) is 45.2 Å². The molecule has 2 amide bonds. The normalized spacial score (nSPS) is 17.3. The summed E-state index contributed by atoms with van der Waals surface area (Å²) in [5, 5.41) is 24.2. The summed E-state index contributed by atoms with van der Waals surface area (Å²) in [5.41, 5.74) is -2.64. The molecule has 0 aromatic carbocycles. The Labute approximate surface area is 340 Å². The van der Waals surface area contributed by atoms with Gasteiger partial charge in [0.05, 0.1) is 6.33 Å². The summed E-state index contributed by atoms with van der Waals surface area (Å²) in [6, 6.07) is 0. The van der Waals surface area contributed by atoms with E-state index in [2.05, 4.69) is 20.3 Å². The van der Waals surface area contributed by atoms with Crippen molar-refractivity contribution < 1.29 is 34.1 Å². The van der Waals surface area contributed by atoms with E-state index in [4.69, 9.17) is 9.47 Å². The number of amides is 2. The minimum absolute atomic E-state index is 0. The molecule has 3 saturated heterocycles. The second-order valence-corrected chi connectivity index (χ2v) is 15.7. The van der Waals surface area contributed by atoms with E-state index in [1.54, 1.807) is 34.7 Å². The molecule has 3 fully saturated rings. The maximum Gasteiger partial charge on any atom is 0.410 e. The largest absolute Gasteiger partial charge is 0.444 e. The van der Waals surface area contributed by atoms with Gasteiger partial charge in [-0.25, -0.2) is 24.5 Å². The molecule has 0 spiro atoms. The number of nitrogens with zero attached hydrogens (tertiary/aromatic N) is 8. The Morgan fingerprint density at radius 3 is 1.43 bits per heavy atom. The number of aromatic nitrogens is 6. The minimum atomic E-state index is -0.962. The Hall–Kier alpha value is -3.99.